The first kappa shape index (κ1) is 17.4. The van der Waals surface area contributed by atoms with Crippen molar-refractivity contribution in [3.8, 4) is 17.0 Å². The van der Waals surface area contributed by atoms with Gasteiger partial charge in [-0.15, -0.1) is 11.3 Å². The van der Waals surface area contributed by atoms with Crippen LogP contribution in [0.25, 0.3) is 11.3 Å². The molecule has 1 aliphatic heterocycles. The van der Waals surface area contributed by atoms with E-state index in [2.05, 4.69) is 4.98 Å². The van der Waals surface area contributed by atoms with Crippen molar-refractivity contribution in [3.05, 3.63) is 28.6 Å². The fourth-order valence-corrected chi connectivity index (χ4v) is 5.59. The Hall–Kier alpha value is -1.44. The minimum Gasteiger partial charge on any atom is -0.495 e. The highest BCUT2D eigenvalue weighted by molar-refractivity contribution is 7.89. The molecule has 2 heterocycles. The molecule has 1 aliphatic rings. The van der Waals surface area contributed by atoms with Crippen LogP contribution in [-0.2, 0) is 10.0 Å². The summed E-state index contributed by atoms with van der Waals surface area (Å²) in [6.45, 7) is 4.47. The van der Waals surface area contributed by atoms with Crippen LogP contribution < -0.4 is 4.74 Å². The number of aryl methyl sites for hydroxylation is 1. The maximum Gasteiger partial charge on any atom is 0.247 e. The topological polar surface area (TPSA) is 59.5 Å². The van der Waals surface area contributed by atoms with Crippen LogP contribution in [0.5, 0.6) is 5.75 Å². The third-order valence-corrected chi connectivity index (χ3v) is 7.22. The van der Waals surface area contributed by atoms with E-state index in [1.807, 2.05) is 25.3 Å². The molecule has 1 saturated heterocycles. The fourth-order valence-electron chi connectivity index (χ4n) is 3.09. The molecule has 0 N–H and O–H groups in total. The Morgan fingerprint density at radius 2 is 2.12 bits per heavy atom. The summed E-state index contributed by atoms with van der Waals surface area (Å²) in [6, 6.07) is 5.26. The quantitative estimate of drug-likeness (QED) is 0.828. The lowest BCUT2D eigenvalue weighted by molar-refractivity contribution is 0.267. The molecule has 1 fully saturated rings. The lowest BCUT2D eigenvalue weighted by Crippen LogP contribution is -2.42. The van der Waals surface area contributed by atoms with Gasteiger partial charge in [0.05, 0.1) is 17.8 Å². The van der Waals surface area contributed by atoms with Gasteiger partial charge in [-0.3, -0.25) is 0 Å². The average molecular weight is 367 g/mol. The van der Waals surface area contributed by atoms with Gasteiger partial charge in [0.25, 0.3) is 0 Å². The van der Waals surface area contributed by atoms with Crippen LogP contribution in [0.15, 0.2) is 28.5 Å². The van der Waals surface area contributed by atoms with E-state index in [1.165, 1.54) is 7.11 Å². The van der Waals surface area contributed by atoms with Gasteiger partial charge in [-0.05, 0) is 44.9 Å². The second-order valence-corrected chi connectivity index (χ2v) is 9.00. The monoisotopic (exact) mass is 366 g/mol. The van der Waals surface area contributed by atoms with Crippen LogP contribution in [0.1, 0.15) is 31.2 Å². The number of sulfonamides is 1. The first-order chi connectivity index (χ1) is 11.4. The second-order valence-electron chi connectivity index (χ2n) is 6.08. The van der Waals surface area contributed by atoms with Gasteiger partial charge in [0.2, 0.25) is 10.0 Å². The third kappa shape index (κ3) is 3.20. The Labute approximate surface area is 147 Å². The number of rotatable bonds is 4. The summed E-state index contributed by atoms with van der Waals surface area (Å²) in [5, 5.41) is 2.90. The molecule has 1 aromatic heterocycles. The summed E-state index contributed by atoms with van der Waals surface area (Å²) in [5.41, 5.74) is 1.59. The van der Waals surface area contributed by atoms with E-state index in [4.69, 9.17) is 4.74 Å². The standard InChI is InChI=1S/C17H22N2O3S2/c1-12-6-4-5-9-19(12)24(20,21)17-10-14(7-8-16(17)22-3)15-11-23-13(2)18-15/h7-8,10-12H,4-6,9H2,1-3H3/t12-/m0/s1. The molecule has 0 unspecified atom stereocenters. The van der Waals surface area contributed by atoms with Crippen LogP contribution in [-0.4, -0.2) is 37.4 Å². The predicted molar refractivity (Wildman–Crippen MR) is 96.0 cm³/mol. The van der Waals surface area contributed by atoms with E-state index >= 15 is 0 Å². The van der Waals surface area contributed by atoms with Gasteiger partial charge in [-0.1, -0.05) is 6.42 Å². The number of ether oxygens (including phenoxy) is 1. The highest BCUT2D eigenvalue weighted by Crippen LogP contribution is 2.34. The zero-order valence-corrected chi connectivity index (χ0v) is 15.8. The molecule has 24 heavy (non-hydrogen) atoms. The summed E-state index contributed by atoms with van der Waals surface area (Å²) in [5.74, 6) is 0.378. The normalized spacial score (nSPS) is 19.4. The number of hydrogen-bond acceptors (Lipinski definition) is 5. The van der Waals surface area contributed by atoms with Crippen molar-refractivity contribution in [3.63, 3.8) is 0 Å². The predicted octanol–water partition coefficient (Wildman–Crippen LogP) is 3.69. The van der Waals surface area contributed by atoms with E-state index in [0.29, 0.717) is 12.3 Å². The molecule has 0 spiro atoms. The highest BCUT2D eigenvalue weighted by Gasteiger charge is 2.33. The van der Waals surface area contributed by atoms with Gasteiger partial charge in [0.15, 0.2) is 0 Å². The minimum atomic E-state index is -3.59. The van der Waals surface area contributed by atoms with Crippen LogP contribution in [0, 0.1) is 6.92 Å². The summed E-state index contributed by atoms with van der Waals surface area (Å²) < 4.78 is 33.3. The SMILES string of the molecule is COc1ccc(-c2csc(C)n2)cc1S(=O)(=O)N1CCCC[C@@H]1C. The Morgan fingerprint density at radius 3 is 2.75 bits per heavy atom. The summed E-state index contributed by atoms with van der Waals surface area (Å²) in [4.78, 5) is 4.68. The zero-order chi connectivity index (χ0) is 17.3. The highest BCUT2D eigenvalue weighted by atomic mass is 32.2. The maximum atomic E-state index is 13.2. The van der Waals surface area contributed by atoms with Crippen LogP contribution >= 0.6 is 11.3 Å². The van der Waals surface area contributed by atoms with Gasteiger partial charge in [-0.2, -0.15) is 4.31 Å². The number of aromatic nitrogens is 1. The van der Waals surface area contributed by atoms with E-state index < -0.39 is 10.0 Å². The second kappa shape index (κ2) is 6.82. The van der Waals surface area contributed by atoms with Crippen molar-refractivity contribution in [2.75, 3.05) is 13.7 Å². The summed E-state index contributed by atoms with van der Waals surface area (Å²) >= 11 is 1.55. The number of benzene rings is 1. The fraction of sp³-hybridized carbons (Fsp3) is 0.471. The van der Waals surface area contributed by atoms with E-state index in [1.54, 1.807) is 27.8 Å². The number of methoxy groups -OCH3 is 1. The Morgan fingerprint density at radius 1 is 1.33 bits per heavy atom. The number of nitrogens with zero attached hydrogens (tertiary/aromatic N) is 2. The Bertz CT molecular complexity index is 830. The zero-order valence-electron chi connectivity index (χ0n) is 14.2. The number of hydrogen-bond donors (Lipinski definition) is 0. The third-order valence-electron chi connectivity index (χ3n) is 4.41. The lowest BCUT2D eigenvalue weighted by Gasteiger charge is -2.32. The molecule has 0 bridgehead atoms. The molecule has 0 amide bonds. The largest absolute Gasteiger partial charge is 0.495 e. The van der Waals surface area contributed by atoms with E-state index in [-0.39, 0.29) is 10.9 Å². The van der Waals surface area contributed by atoms with E-state index in [9.17, 15) is 8.42 Å². The van der Waals surface area contributed by atoms with Crippen molar-refractivity contribution in [1.29, 1.82) is 0 Å². The molecule has 1 atom stereocenters. The maximum absolute atomic E-state index is 13.2. The molecule has 0 aliphatic carbocycles. The van der Waals surface area contributed by atoms with Crippen molar-refractivity contribution in [2.45, 2.75) is 44.0 Å². The van der Waals surface area contributed by atoms with Crippen molar-refractivity contribution in [1.82, 2.24) is 9.29 Å². The smallest absolute Gasteiger partial charge is 0.247 e. The number of piperidine rings is 1. The van der Waals surface area contributed by atoms with Gasteiger partial charge >= 0.3 is 0 Å². The molecule has 130 valence electrons. The minimum absolute atomic E-state index is 0.0126. The molecule has 0 radical (unpaired) electrons. The Balaban J connectivity index is 2.07. The van der Waals surface area contributed by atoms with Gasteiger partial charge in [0.1, 0.15) is 10.6 Å². The van der Waals surface area contributed by atoms with Gasteiger partial charge in [0, 0.05) is 23.5 Å². The first-order valence-electron chi connectivity index (χ1n) is 8.06. The van der Waals surface area contributed by atoms with Crippen LogP contribution in [0.3, 0.4) is 0 Å². The van der Waals surface area contributed by atoms with Crippen molar-refractivity contribution < 1.29 is 13.2 Å². The van der Waals surface area contributed by atoms with E-state index in [0.717, 1.165) is 35.5 Å². The summed E-state index contributed by atoms with van der Waals surface area (Å²) in [7, 11) is -2.09. The van der Waals surface area contributed by atoms with Gasteiger partial charge in [-0.25, -0.2) is 13.4 Å². The first-order valence-corrected chi connectivity index (χ1v) is 10.4. The Kier molecular flexibility index (Phi) is 4.94. The van der Waals surface area contributed by atoms with Crippen LogP contribution in [0.4, 0.5) is 0 Å². The van der Waals surface area contributed by atoms with Crippen molar-refractivity contribution in [2.24, 2.45) is 0 Å². The average Bonchev–Trinajstić information content (AvgIpc) is 3.01. The molecule has 7 heteroatoms. The molecular formula is C17H22N2O3S2. The van der Waals surface area contributed by atoms with Gasteiger partial charge < -0.3 is 4.74 Å². The lowest BCUT2D eigenvalue weighted by atomic mass is 10.1. The molecule has 0 saturated carbocycles. The molecule has 1 aromatic carbocycles. The molecule has 5 nitrogen and oxygen atoms in total. The molecular weight excluding hydrogens is 344 g/mol. The van der Waals surface area contributed by atoms with Crippen LogP contribution in [0.2, 0.25) is 0 Å². The number of thiazole rings is 1. The summed E-state index contributed by atoms with van der Waals surface area (Å²) in [6.07, 6.45) is 2.87. The molecule has 3 rings (SSSR count). The molecule has 2 aromatic rings. The van der Waals surface area contributed by atoms with Crippen molar-refractivity contribution >= 4 is 21.4 Å².